The molecule has 0 bridgehead atoms. The summed E-state index contributed by atoms with van der Waals surface area (Å²) in [6, 6.07) is 0. The van der Waals surface area contributed by atoms with Crippen LogP contribution in [0, 0.1) is 0 Å². The Kier molecular flexibility index (Phi) is 9.42. The Morgan fingerprint density at radius 1 is 1.57 bits per heavy atom. The molecule has 0 saturated heterocycles. The minimum Gasteiger partial charge on any atom is -0.0988 e. The maximum atomic E-state index is 3.56. The van der Waals surface area contributed by atoms with E-state index in [0.717, 1.165) is 0 Å². The van der Waals surface area contributed by atoms with Gasteiger partial charge < -0.3 is 0 Å². The van der Waals surface area contributed by atoms with Crippen molar-refractivity contribution in [2.75, 3.05) is 0 Å². The molecule has 0 atom stereocenters. The van der Waals surface area contributed by atoms with E-state index in [2.05, 4.69) is 6.58 Å². The fraction of sp³-hybridized carbons (Fsp3) is 0.333. The Bertz CT molecular complexity index is 72.2. The first-order valence-electron chi connectivity index (χ1n) is 2.06. The molecule has 0 spiro atoms. The van der Waals surface area contributed by atoms with Crippen LogP contribution in [-0.2, 0) is 26.2 Å². The second-order valence-corrected chi connectivity index (χ2v) is 1.24. The van der Waals surface area contributed by atoms with Gasteiger partial charge in [0.15, 0.2) is 0 Å². The summed E-state index contributed by atoms with van der Waals surface area (Å²) in [5, 5.41) is 0. The molecule has 0 amide bonds. The molecule has 0 N–H and O–H groups in total. The molecule has 0 unspecified atom stereocenters. The maximum Gasteiger partial charge on any atom is 0 e. The molecule has 0 aromatic carbocycles. The number of hydrogen-bond acceptors (Lipinski definition) is 0. The Labute approximate surface area is 64.4 Å². The molecule has 7 heavy (non-hydrogen) atoms. The van der Waals surface area contributed by atoms with E-state index in [4.69, 9.17) is 0 Å². The summed E-state index contributed by atoms with van der Waals surface area (Å²) < 4.78 is 0. The first kappa shape index (κ1) is 10.4. The molecule has 0 aromatic rings. The fourth-order valence-electron chi connectivity index (χ4n) is 0.118. The molecule has 0 heterocycles. The van der Waals surface area contributed by atoms with Crippen molar-refractivity contribution in [1.82, 2.24) is 0 Å². The molecule has 0 aliphatic carbocycles. The molecule has 0 rings (SSSR count). The molecule has 0 radical (unpaired) electrons. The molecular weight excluding hydrogens is 163 g/mol. The van der Waals surface area contributed by atoms with Gasteiger partial charge in [-0.15, -0.1) is 0 Å². The average molecular weight is 173 g/mol. The summed E-state index contributed by atoms with van der Waals surface area (Å²) in [5.74, 6) is 0. The van der Waals surface area contributed by atoms with E-state index < -0.39 is 0 Å². The zero-order chi connectivity index (χ0) is 4.99. The van der Waals surface area contributed by atoms with Gasteiger partial charge in [0.1, 0.15) is 0 Å². The summed E-state index contributed by atoms with van der Waals surface area (Å²) in [4.78, 5) is 0. The third-order valence-corrected chi connectivity index (χ3v) is 0.777. The van der Waals surface area contributed by atoms with Gasteiger partial charge in [0.2, 0.25) is 0 Å². The van der Waals surface area contributed by atoms with Crippen molar-refractivity contribution >= 4 is 0 Å². The predicted octanol–water partition coefficient (Wildman–Crippen LogP) is 2.14. The normalized spacial score (nSPS) is 9.71. The zero-order valence-electron chi connectivity index (χ0n) is 4.86. The van der Waals surface area contributed by atoms with Crippen molar-refractivity contribution < 1.29 is 26.2 Å². The Morgan fingerprint density at radius 2 is 2.00 bits per heavy atom. The number of rotatable bonds is 1. The monoisotopic (exact) mass is 172 g/mol. The van der Waals surface area contributed by atoms with Crippen molar-refractivity contribution in [3.8, 4) is 0 Å². The maximum absolute atomic E-state index is 3.56. The molecule has 0 saturated carbocycles. The van der Waals surface area contributed by atoms with Crippen LogP contribution >= 0.6 is 0 Å². The average Bonchev–Trinajstić information content (AvgIpc) is 1.65. The minimum atomic E-state index is 0. The minimum absolute atomic E-state index is 0. The van der Waals surface area contributed by atoms with Crippen molar-refractivity contribution in [3.05, 3.63) is 24.3 Å². The summed E-state index contributed by atoms with van der Waals surface area (Å²) in [7, 11) is 0. The Hall–Kier alpha value is 0.363. The van der Waals surface area contributed by atoms with Gasteiger partial charge in [-0.25, -0.2) is 0 Å². The summed E-state index contributed by atoms with van der Waals surface area (Å²) in [5.41, 5.74) is 1.23. The molecule has 38 valence electrons. The zero-order valence-corrected chi connectivity index (χ0v) is 7.32. The van der Waals surface area contributed by atoms with Gasteiger partial charge in [0, 0.05) is 26.2 Å². The smallest absolute Gasteiger partial charge is 0 e. The van der Waals surface area contributed by atoms with Crippen molar-refractivity contribution in [1.29, 1.82) is 0 Å². The van der Waals surface area contributed by atoms with E-state index in [1.165, 1.54) is 5.57 Å². The number of allylic oxidation sites excluding steroid dienone is 3. The van der Waals surface area contributed by atoms with Crippen molar-refractivity contribution in [2.24, 2.45) is 0 Å². The van der Waals surface area contributed by atoms with Crippen LogP contribution in [-0.4, -0.2) is 0 Å². The van der Waals surface area contributed by atoms with E-state index in [1.54, 1.807) is 0 Å². The van der Waals surface area contributed by atoms with E-state index >= 15 is 0 Å². The molecule has 0 aromatic heterocycles. The van der Waals surface area contributed by atoms with E-state index in [9.17, 15) is 0 Å². The van der Waals surface area contributed by atoms with Gasteiger partial charge in [-0.2, -0.15) is 0 Å². The topological polar surface area (TPSA) is 0 Å². The SMILES string of the molecule is C=CC(C)=CC.[Zr]. The van der Waals surface area contributed by atoms with Crippen LogP contribution in [0.1, 0.15) is 13.8 Å². The summed E-state index contributed by atoms with van der Waals surface area (Å²) >= 11 is 0. The van der Waals surface area contributed by atoms with Gasteiger partial charge >= 0.3 is 0 Å². The second-order valence-electron chi connectivity index (χ2n) is 1.24. The molecule has 0 aliphatic heterocycles. The van der Waals surface area contributed by atoms with Gasteiger partial charge in [-0.05, 0) is 13.8 Å². The number of hydrogen-bond donors (Lipinski definition) is 0. The molecule has 0 fully saturated rings. The van der Waals surface area contributed by atoms with Crippen LogP contribution in [0.3, 0.4) is 0 Å². The largest absolute Gasteiger partial charge is 0.0988 e. The van der Waals surface area contributed by atoms with Crippen LogP contribution in [0.5, 0.6) is 0 Å². The predicted molar refractivity (Wildman–Crippen MR) is 29.6 cm³/mol. The summed E-state index contributed by atoms with van der Waals surface area (Å²) in [6.07, 6.45) is 3.85. The third kappa shape index (κ3) is 6.36. The quantitative estimate of drug-likeness (QED) is 0.533. The van der Waals surface area contributed by atoms with Gasteiger partial charge in [-0.3, -0.25) is 0 Å². The third-order valence-electron chi connectivity index (χ3n) is 0.777. The van der Waals surface area contributed by atoms with Crippen molar-refractivity contribution in [2.45, 2.75) is 13.8 Å². The van der Waals surface area contributed by atoms with Crippen molar-refractivity contribution in [3.63, 3.8) is 0 Å². The van der Waals surface area contributed by atoms with E-state index in [1.807, 2.05) is 26.0 Å². The summed E-state index contributed by atoms with van der Waals surface area (Å²) in [6.45, 7) is 7.58. The Morgan fingerprint density at radius 3 is 2.00 bits per heavy atom. The molecular formula is C6H10Zr. The standard InChI is InChI=1S/C6H10.Zr/c1-4-6(3)5-2;/h4-5H,1H2,2-3H3;. The molecule has 0 nitrogen and oxygen atoms in total. The van der Waals surface area contributed by atoms with E-state index in [-0.39, 0.29) is 26.2 Å². The van der Waals surface area contributed by atoms with E-state index in [0.29, 0.717) is 0 Å². The fourth-order valence-corrected chi connectivity index (χ4v) is 0.118. The van der Waals surface area contributed by atoms with Crippen LogP contribution in [0.4, 0.5) is 0 Å². The Balaban J connectivity index is 0. The van der Waals surface area contributed by atoms with Gasteiger partial charge in [0.25, 0.3) is 0 Å². The van der Waals surface area contributed by atoms with Crippen LogP contribution in [0.15, 0.2) is 24.3 Å². The molecule has 1 heteroatoms. The first-order valence-corrected chi connectivity index (χ1v) is 2.06. The van der Waals surface area contributed by atoms with Crippen LogP contribution in [0.2, 0.25) is 0 Å². The van der Waals surface area contributed by atoms with Crippen LogP contribution < -0.4 is 0 Å². The molecule has 0 aliphatic rings. The second kappa shape index (κ2) is 6.36. The van der Waals surface area contributed by atoms with Crippen LogP contribution in [0.25, 0.3) is 0 Å². The van der Waals surface area contributed by atoms with Gasteiger partial charge in [-0.1, -0.05) is 24.3 Å². The first-order chi connectivity index (χ1) is 2.81. The van der Waals surface area contributed by atoms with Gasteiger partial charge in [0.05, 0.1) is 0 Å².